The monoisotopic (exact) mass is 191 g/mol. The molecule has 7 nitrogen and oxygen atoms in total. The molecule has 13 heavy (non-hydrogen) atoms. The van der Waals surface area contributed by atoms with Crippen molar-refractivity contribution >= 4 is 0 Å². The van der Waals surface area contributed by atoms with Gasteiger partial charge in [-0.05, 0) is 0 Å². The number of ether oxygens (including phenoxy) is 2. The van der Waals surface area contributed by atoms with Crippen molar-refractivity contribution in [3.63, 3.8) is 0 Å². The van der Waals surface area contributed by atoms with E-state index in [0.29, 0.717) is 0 Å². The van der Waals surface area contributed by atoms with Crippen LogP contribution in [-0.2, 0) is 14.3 Å². The molecule has 2 heterocycles. The summed E-state index contributed by atoms with van der Waals surface area (Å²) in [5.41, 5.74) is 0. The predicted octanol–water partition coefficient (Wildman–Crippen LogP) is -1.28. The highest BCUT2D eigenvalue weighted by Gasteiger charge is 2.48. The first-order valence-corrected chi connectivity index (χ1v) is 3.91. The van der Waals surface area contributed by atoms with Crippen LogP contribution in [0.5, 0.6) is 0 Å². The van der Waals surface area contributed by atoms with Crippen LogP contribution in [0, 0.1) is 10.1 Å². The van der Waals surface area contributed by atoms with Crippen molar-refractivity contribution in [1.82, 2.24) is 0 Å². The third-order valence-corrected chi connectivity index (χ3v) is 2.20. The Kier molecular flexibility index (Phi) is 2.06. The van der Waals surface area contributed by atoms with Crippen LogP contribution < -0.4 is 0 Å². The zero-order valence-corrected chi connectivity index (χ0v) is 6.66. The first-order chi connectivity index (χ1) is 6.18. The van der Waals surface area contributed by atoms with E-state index in [1.807, 2.05) is 0 Å². The molecule has 2 fully saturated rings. The SMILES string of the molecule is O=[N+]([O-])OC1CO[C@@H]2[C@H](O)CO[C@H]12. The van der Waals surface area contributed by atoms with Crippen molar-refractivity contribution < 1.29 is 24.5 Å². The highest BCUT2D eigenvalue weighted by Crippen LogP contribution is 2.28. The maximum absolute atomic E-state index is 10.0. The highest BCUT2D eigenvalue weighted by molar-refractivity contribution is 4.94. The second-order valence-electron chi connectivity index (χ2n) is 3.03. The molecule has 0 radical (unpaired) electrons. The summed E-state index contributed by atoms with van der Waals surface area (Å²) >= 11 is 0. The smallest absolute Gasteiger partial charge is 0.294 e. The number of nitrogens with zero attached hydrogens (tertiary/aromatic N) is 1. The van der Waals surface area contributed by atoms with Crippen LogP contribution in [-0.4, -0.2) is 47.8 Å². The fraction of sp³-hybridized carbons (Fsp3) is 1.00. The highest BCUT2D eigenvalue weighted by atomic mass is 17.0. The fourth-order valence-electron chi connectivity index (χ4n) is 1.64. The lowest BCUT2D eigenvalue weighted by Crippen LogP contribution is -2.33. The van der Waals surface area contributed by atoms with Crippen molar-refractivity contribution in [2.45, 2.75) is 24.4 Å². The zero-order chi connectivity index (χ0) is 9.42. The van der Waals surface area contributed by atoms with Gasteiger partial charge in [-0.1, -0.05) is 0 Å². The number of hydrogen-bond donors (Lipinski definition) is 1. The molecule has 0 aromatic heterocycles. The summed E-state index contributed by atoms with van der Waals surface area (Å²) in [4.78, 5) is 14.4. The van der Waals surface area contributed by atoms with Crippen LogP contribution in [0.25, 0.3) is 0 Å². The van der Waals surface area contributed by atoms with Crippen molar-refractivity contribution in [2.24, 2.45) is 0 Å². The normalized spacial score (nSPS) is 43.2. The Morgan fingerprint density at radius 3 is 2.77 bits per heavy atom. The second-order valence-corrected chi connectivity index (χ2v) is 3.03. The first kappa shape index (κ1) is 8.67. The molecule has 2 aliphatic heterocycles. The summed E-state index contributed by atoms with van der Waals surface area (Å²) in [6.07, 6.45) is -2.41. The number of aliphatic hydroxyl groups is 1. The Balaban J connectivity index is 1.98. The third-order valence-electron chi connectivity index (χ3n) is 2.20. The molecule has 1 unspecified atom stereocenters. The molecule has 1 N–H and O–H groups in total. The molecule has 2 rings (SSSR count). The standard InChI is InChI=1S/C6H9NO6/c8-3-1-11-6-4(13-7(9)10)2-12-5(3)6/h3-6,8H,1-2H2/t3-,4?,5-,6-/m1/s1. The van der Waals surface area contributed by atoms with Gasteiger partial charge in [-0.2, -0.15) is 0 Å². The van der Waals surface area contributed by atoms with Gasteiger partial charge in [-0.15, -0.1) is 10.1 Å². The number of hydrogen-bond acceptors (Lipinski definition) is 6. The average molecular weight is 191 g/mol. The molecule has 0 saturated carbocycles. The Labute approximate surface area is 73.3 Å². The van der Waals surface area contributed by atoms with Crippen molar-refractivity contribution in [3.05, 3.63) is 10.1 Å². The Morgan fingerprint density at radius 1 is 1.38 bits per heavy atom. The van der Waals surface area contributed by atoms with E-state index in [4.69, 9.17) is 9.47 Å². The van der Waals surface area contributed by atoms with Gasteiger partial charge in [0, 0.05) is 0 Å². The molecule has 0 bridgehead atoms. The van der Waals surface area contributed by atoms with Crippen molar-refractivity contribution in [1.29, 1.82) is 0 Å². The Bertz CT molecular complexity index is 221. The van der Waals surface area contributed by atoms with Gasteiger partial charge < -0.3 is 19.4 Å². The molecule has 0 amide bonds. The Morgan fingerprint density at radius 2 is 2.08 bits per heavy atom. The molecule has 0 aromatic rings. The maximum atomic E-state index is 10.0. The van der Waals surface area contributed by atoms with E-state index in [1.54, 1.807) is 0 Å². The van der Waals surface area contributed by atoms with Gasteiger partial charge >= 0.3 is 0 Å². The van der Waals surface area contributed by atoms with Gasteiger partial charge in [-0.3, -0.25) is 0 Å². The van der Waals surface area contributed by atoms with Gasteiger partial charge in [0.1, 0.15) is 18.3 Å². The maximum Gasteiger partial charge on any atom is 0.294 e. The average Bonchev–Trinajstić information content (AvgIpc) is 2.56. The lowest BCUT2D eigenvalue weighted by atomic mass is 10.1. The summed E-state index contributed by atoms with van der Waals surface area (Å²) in [5.74, 6) is 0. The summed E-state index contributed by atoms with van der Waals surface area (Å²) < 4.78 is 10.2. The van der Waals surface area contributed by atoms with E-state index >= 15 is 0 Å². The number of fused-ring (bicyclic) bond motifs is 1. The number of rotatable bonds is 2. The van der Waals surface area contributed by atoms with Gasteiger partial charge in [0.2, 0.25) is 0 Å². The minimum Gasteiger partial charge on any atom is -0.388 e. The zero-order valence-electron chi connectivity index (χ0n) is 6.66. The molecular formula is C6H9NO6. The lowest BCUT2D eigenvalue weighted by molar-refractivity contribution is -0.769. The molecule has 74 valence electrons. The predicted molar refractivity (Wildman–Crippen MR) is 37.4 cm³/mol. The molecule has 0 spiro atoms. The van der Waals surface area contributed by atoms with E-state index in [9.17, 15) is 15.2 Å². The van der Waals surface area contributed by atoms with Gasteiger partial charge in [-0.25, -0.2) is 0 Å². The first-order valence-electron chi connectivity index (χ1n) is 3.91. The van der Waals surface area contributed by atoms with Crippen LogP contribution in [0.1, 0.15) is 0 Å². The van der Waals surface area contributed by atoms with Gasteiger partial charge in [0.15, 0.2) is 6.10 Å². The van der Waals surface area contributed by atoms with E-state index < -0.39 is 29.5 Å². The molecule has 7 heteroatoms. The Hall–Kier alpha value is -0.920. The fourth-order valence-corrected chi connectivity index (χ4v) is 1.64. The summed E-state index contributed by atoms with van der Waals surface area (Å²) in [5, 5.41) is 18.4. The van der Waals surface area contributed by atoms with E-state index in [-0.39, 0.29) is 13.2 Å². The minimum absolute atomic E-state index is 0.0906. The molecule has 0 aromatic carbocycles. The van der Waals surface area contributed by atoms with E-state index in [2.05, 4.69) is 4.84 Å². The third kappa shape index (κ3) is 1.45. The molecule has 0 aliphatic carbocycles. The van der Waals surface area contributed by atoms with Crippen LogP contribution in [0.4, 0.5) is 0 Å². The second kappa shape index (κ2) is 3.09. The van der Waals surface area contributed by atoms with Crippen LogP contribution >= 0.6 is 0 Å². The molecule has 4 atom stereocenters. The number of aliphatic hydroxyl groups excluding tert-OH is 1. The van der Waals surface area contributed by atoms with E-state index in [1.165, 1.54) is 0 Å². The van der Waals surface area contributed by atoms with Gasteiger partial charge in [0.05, 0.1) is 13.2 Å². The molecular weight excluding hydrogens is 182 g/mol. The molecule has 2 saturated heterocycles. The lowest BCUT2D eigenvalue weighted by Gasteiger charge is -2.12. The van der Waals surface area contributed by atoms with Crippen molar-refractivity contribution in [3.8, 4) is 0 Å². The largest absolute Gasteiger partial charge is 0.388 e. The van der Waals surface area contributed by atoms with Crippen LogP contribution in [0.3, 0.4) is 0 Å². The minimum atomic E-state index is -0.871. The summed E-state index contributed by atoms with van der Waals surface area (Å²) in [6.45, 7) is 0.236. The van der Waals surface area contributed by atoms with Crippen molar-refractivity contribution in [2.75, 3.05) is 13.2 Å². The van der Waals surface area contributed by atoms with Crippen LogP contribution in [0.2, 0.25) is 0 Å². The molecule has 2 aliphatic rings. The van der Waals surface area contributed by atoms with Crippen LogP contribution in [0.15, 0.2) is 0 Å². The van der Waals surface area contributed by atoms with E-state index in [0.717, 1.165) is 0 Å². The van der Waals surface area contributed by atoms with Gasteiger partial charge in [0.25, 0.3) is 5.09 Å². The quantitative estimate of drug-likeness (QED) is 0.432. The topological polar surface area (TPSA) is 91.1 Å². The summed E-state index contributed by atoms with van der Waals surface area (Å²) in [7, 11) is 0. The summed E-state index contributed by atoms with van der Waals surface area (Å²) in [6, 6.07) is 0.